The number of rotatable bonds is 3. The lowest BCUT2D eigenvalue weighted by Crippen LogP contribution is -2.49. The summed E-state index contributed by atoms with van der Waals surface area (Å²) in [5.74, 6) is -0.157. The maximum Gasteiger partial charge on any atom is 0.276 e. The van der Waals surface area contributed by atoms with Crippen LogP contribution in [0.1, 0.15) is 19.4 Å². The number of nitro benzene ring substituents is 1. The zero-order valence-corrected chi connectivity index (χ0v) is 12.1. The van der Waals surface area contributed by atoms with Crippen LogP contribution in [0.25, 0.3) is 6.08 Å². The smallest absolute Gasteiger partial charge is 0.276 e. The molecule has 1 amide bonds. The first kappa shape index (κ1) is 15.2. The first-order valence-electron chi connectivity index (χ1n) is 6.82. The van der Waals surface area contributed by atoms with Crippen LogP contribution < -0.4 is 0 Å². The van der Waals surface area contributed by atoms with Crippen molar-refractivity contribution in [1.82, 2.24) is 4.90 Å². The molecule has 0 bridgehead atoms. The molecule has 0 aliphatic carbocycles. The standard InChI is InChI=1S/C15H18N2O4/c1-11-10-21-12(2)9-16(11)15(18)8-7-13-5-3-4-6-14(13)17(19)20/h3-8,11-12H,9-10H2,1-2H3/b8-7+. The number of carbonyl (C=O) groups is 1. The highest BCUT2D eigenvalue weighted by Crippen LogP contribution is 2.19. The van der Waals surface area contributed by atoms with Gasteiger partial charge in [-0.15, -0.1) is 0 Å². The molecule has 0 spiro atoms. The summed E-state index contributed by atoms with van der Waals surface area (Å²) in [5, 5.41) is 10.9. The number of nitro groups is 1. The van der Waals surface area contributed by atoms with Crippen molar-refractivity contribution in [3.63, 3.8) is 0 Å². The Balaban J connectivity index is 2.14. The van der Waals surface area contributed by atoms with Crippen molar-refractivity contribution in [1.29, 1.82) is 0 Å². The van der Waals surface area contributed by atoms with Crippen LogP contribution in [0, 0.1) is 10.1 Å². The lowest BCUT2D eigenvalue weighted by molar-refractivity contribution is -0.385. The first-order chi connectivity index (χ1) is 9.99. The highest BCUT2D eigenvalue weighted by Gasteiger charge is 2.26. The molecule has 1 aliphatic rings. The zero-order valence-electron chi connectivity index (χ0n) is 12.1. The molecule has 6 nitrogen and oxygen atoms in total. The molecule has 0 aromatic heterocycles. The Bertz CT molecular complexity index is 571. The third-order valence-electron chi connectivity index (χ3n) is 3.43. The Hall–Kier alpha value is -2.21. The third kappa shape index (κ3) is 3.66. The number of amides is 1. The summed E-state index contributed by atoms with van der Waals surface area (Å²) >= 11 is 0. The van der Waals surface area contributed by atoms with E-state index in [4.69, 9.17) is 4.74 Å². The number of ether oxygens (including phenoxy) is 1. The van der Waals surface area contributed by atoms with Gasteiger partial charge < -0.3 is 9.64 Å². The summed E-state index contributed by atoms with van der Waals surface area (Å²) in [6.07, 6.45) is 2.88. The fourth-order valence-electron chi connectivity index (χ4n) is 2.26. The maximum atomic E-state index is 12.2. The molecule has 1 aromatic rings. The molecule has 1 aromatic carbocycles. The summed E-state index contributed by atoms with van der Waals surface area (Å²) in [6.45, 7) is 4.87. The monoisotopic (exact) mass is 290 g/mol. The third-order valence-corrected chi connectivity index (χ3v) is 3.43. The second-order valence-electron chi connectivity index (χ2n) is 5.13. The molecule has 2 rings (SSSR count). The van der Waals surface area contributed by atoms with Gasteiger partial charge in [0, 0.05) is 18.7 Å². The van der Waals surface area contributed by atoms with E-state index in [1.165, 1.54) is 18.2 Å². The molecule has 0 radical (unpaired) electrons. The zero-order chi connectivity index (χ0) is 15.4. The molecule has 0 N–H and O–H groups in total. The number of para-hydroxylation sites is 1. The molecule has 21 heavy (non-hydrogen) atoms. The van der Waals surface area contributed by atoms with E-state index in [0.29, 0.717) is 18.7 Å². The molecule has 2 unspecified atom stereocenters. The van der Waals surface area contributed by atoms with Gasteiger partial charge in [0.15, 0.2) is 0 Å². The van der Waals surface area contributed by atoms with Gasteiger partial charge in [0.2, 0.25) is 5.91 Å². The van der Waals surface area contributed by atoms with Gasteiger partial charge in [-0.1, -0.05) is 12.1 Å². The Labute approximate surface area is 123 Å². The van der Waals surface area contributed by atoms with Gasteiger partial charge in [-0.05, 0) is 26.0 Å². The van der Waals surface area contributed by atoms with Crippen LogP contribution in [0.5, 0.6) is 0 Å². The second-order valence-corrected chi connectivity index (χ2v) is 5.13. The van der Waals surface area contributed by atoms with E-state index in [9.17, 15) is 14.9 Å². The molecular weight excluding hydrogens is 272 g/mol. The molecule has 0 saturated carbocycles. The fourth-order valence-corrected chi connectivity index (χ4v) is 2.26. The number of hydrogen-bond donors (Lipinski definition) is 0. The van der Waals surface area contributed by atoms with E-state index >= 15 is 0 Å². The Morgan fingerprint density at radius 2 is 2.14 bits per heavy atom. The van der Waals surface area contributed by atoms with Crippen molar-refractivity contribution in [2.75, 3.05) is 13.2 Å². The van der Waals surface area contributed by atoms with Crippen molar-refractivity contribution in [3.8, 4) is 0 Å². The molecule has 6 heteroatoms. The van der Waals surface area contributed by atoms with Crippen molar-refractivity contribution in [3.05, 3.63) is 46.0 Å². The minimum absolute atomic E-state index is 0.00380. The Morgan fingerprint density at radius 1 is 1.43 bits per heavy atom. The largest absolute Gasteiger partial charge is 0.375 e. The Kier molecular flexibility index (Phi) is 4.70. The summed E-state index contributed by atoms with van der Waals surface area (Å²) < 4.78 is 5.48. The predicted molar refractivity (Wildman–Crippen MR) is 78.7 cm³/mol. The topological polar surface area (TPSA) is 72.7 Å². The van der Waals surface area contributed by atoms with E-state index in [2.05, 4.69) is 0 Å². The minimum Gasteiger partial charge on any atom is -0.375 e. The predicted octanol–water partition coefficient (Wildman–Crippen LogP) is 2.24. The molecular formula is C15H18N2O4. The second kappa shape index (κ2) is 6.49. The van der Waals surface area contributed by atoms with E-state index < -0.39 is 4.92 Å². The van der Waals surface area contributed by atoms with Crippen LogP contribution in [0.3, 0.4) is 0 Å². The summed E-state index contributed by atoms with van der Waals surface area (Å²) in [7, 11) is 0. The first-order valence-corrected chi connectivity index (χ1v) is 6.82. The maximum absolute atomic E-state index is 12.2. The summed E-state index contributed by atoms with van der Waals surface area (Å²) in [4.78, 5) is 24.4. The summed E-state index contributed by atoms with van der Waals surface area (Å²) in [6, 6.07) is 6.35. The van der Waals surface area contributed by atoms with Gasteiger partial charge in [-0.25, -0.2) is 0 Å². The van der Waals surface area contributed by atoms with Crippen LogP contribution in [0.4, 0.5) is 5.69 Å². The lowest BCUT2D eigenvalue weighted by Gasteiger charge is -2.36. The van der Waals surface area contributed by atoms with Crippen LogP contribution in [0.2, 0.25) is 0 Å². The average molecular weight is 290 g/mol. The van der Waals surface area contributed by atoms with E-state index in [0.717, 1.165) is 0 Å². The van der Waals surface area contributed by atoms with Crippen LogP contribution in [0.15, 0.2) is 30.3 Å². The normalized spacial score (nSPS) is 22.5. The highest BCUT2D eigenvalue weighted by molar-refractivity contribution is 5.92. The van der Waals surface area contributed by atoms with Gasteiger partial charge >= 0.3 is 0 Å². The molecule has 1 heterocycles. The minimum atomic E-state index is -0.455. The number of nitrogens with zero attached hydrogens (tertiary/aromatic N) is 2. The molecule has 1 aliphatic heterocycles. The van der Waals surface area contributed by atoms with Crippen LogP contribution in [-0.4, -0.2) is 41.0 Å². The lowest BCUT2D eigenvalue weighted by atomic mass is 10.1. The van der Waals surface area contributed by atoms with Crippen molar-refractivity contribution >= 4 is 17.7 Å². The van der Waals surface area contributed by atoms with Gasteiger partial charge in [0.25, 0.3) is 5.69 Å². The summed E-state index contributed by atoms with van der Waals surface area (Å²) in [5.41, 5.74) is 0.412. The van der Waals surface area contributed by atoms with Gasteiger partial charge in [0.1, 0.15) is 0 Å². The van der Waals surface area contributed by atoms with Gasteiger partial charge in [0.05, 0.1) is 29.2 Å². The van der Waals surface area contributed by atoms with E-state index in [1.54, 1.807) is 23.1 Å². The van der Waals surface area contributed by atoms with Crippen molar-refractivity contribution < 1.29 is 14.5 Å². The number of hydrogen-bond acceptors (Lipinski definition) is 4. The molecule has 112 valence electrons. The van der Waals surface area contributed by atoms with Crippen molar-refractivity contribution in [2.45, 2.75) is 26.0 Å². The molecule has 1 saturated heterocycles. The number of benzene rings is 1. The average Bonchev–Trinajstić information content (AvgIpc) is 2.47. The highest BCUT2D eigenvalue weighted by atomic mass is 16.6. The molecule has 2 atom stereocenters. The fraction of sp³-hybridized carbons (Fsp3) is 0.400. The van der Waals surface area contributed by atoms with E-state index in [-0.39, 0.29) is 23.7 Å². The Morgan fingerprint density at radius 3 is 2.86 bits per heavy atom. The SMILES string of the molecule is CC1CN(C(=O)/C=C/c2ccccc2[N+](=O)[O-])C(C)CO1. The number of morpholine rings is 1. The van der Waals surface area contributed by atoms with Gasteiger partial charge in [-0.3, -0.25) is 14.9 Å². The molecule has 1 fully saturated rings. The van der Waals surface area contributed by atoms with Gasteiger partial charge in [-0.2, -0.15) is 0 Å². The quantitative estimate of drug-likeness (QED) is 0.486. The van der Waals surface area contributed by atoms with E-state index in [1.807, 2.05) is 13.8 Å². The van der Waals surface area contributed by atoms with Crippen LogP contribution in [-0.2, 0) is 9.53 Å². The number of carbonyl (C=O) groups excluding carboxylic acids is 1. The van der Waals surface area contributed by atoms with Crippen molar-refractivity contribution in [2.24, 2.45) is 0 Å². The van der Waals surface area contributed by atoms with Crippen LogP contribution >= 0.6 is 0 Å².